The molecule has 0 saturated heterocycles. The van der Waals surface area contributed by atoms with E-state index in [1.807, 2.05) is 0 Å². The molecule has 0 nitrogen and oxygen atoms in total. The van der Waals surface area contributed by atoms with Gasteiger partial charge in [0.1, 0.15) is 0 Å². The maximum absolute atomic E-state index is 1.50. The second-order valence-corrected chi connectivity index (χ2v) is 1.06. The van der Waals surface area contributed by atoms with Gasteiger partial charge < -0.3 is 0 Å². The first-order valence-corrected chi connectivity index (χ1v) is 1.50. The molecule has 0 aromatic rings. The highest BCUT2D eigenvalue weighted by atomic mass is 19.0. The Kier molecular flexibility index (Phi) is 1.25. The molecule has 1 aliphatic carbocycles. The van der Waals surface area contributed by atoms with Crippen LogP contribution in [0, 0.1) is 0 Å². The van der Waals surface area contributed by atoms with Crippen molar-refractivity contribution in [3.63, 3.8) is 0 Å². The zero-order valence-electron chi connectivity index (χ0n) is 2.53. The summed E-state index contributed by atoms with van der Waals surface area (Å²) < 4.78 is 0. The molecule has 0 radical (unpaired) electrons. The highest BCUT2D eigenvalue weighted by Gasteiger charge is 1.95. The van der Waals surface area contributed by atoms with Crippen molar-refractivity contribution in [1.29, 1.82) is 0 Å². The van der Waals surface area contributed by atoms with Crippen molar-refractivity contribution >= 4 is 0 Å². The zero-order chi connectivity index (χ0) is 2.12. The summed E-state index contributed by atoms with van der Waals surface area (Å²) >= 11 is 0. The molecule has 0 spiro atoms. The van der Waals surface area contributed by atoms with E-state index in [0.29, 0.717) is 0 Å². The summed E-state index contributed by atoms with van der Waals surface area (Å²) in [6.07, 6.45) is 4.50. The molecule has 0 bridgehead atoms. The van der Waals surface area contributed by atoms with E-state index in [4.69, 9.17) is 0 Å². The molecule has 1 aliphatic rings. The van der Waals surface area contributed by atoms with E-state index in [2.05, 4.69) is 0 Å². The summed E-state index contributed by atoms with van der Waals surface area (Å²) in [6.45, 7) is 0. The van der Waals surface area contributed by atoms with Gasteiger partial charge in [0.25, 0.3) is 0 Å². The molecule has 0 aromatic heterocycles. The van der Waals surface area contributed by atoms with E-state index in [1.54, 1.807) is 0 Å². The fourth-order valence-corrected chi connectivity index (χ4v) is 0. The SMILES string of the molecule is C1CC1.F. The Morgan fingerprint density at radius 2 is 1.00 bits per heavy atom. The van der Waals surface area contributed by atoms with Crippen molar-refractivity contribution in [1.82, 2.24) is 0 Å². The molecule has 0 amide bonds. The number of rotatable bonds is 0. The third kappa shape index (κ3) is 1.93. The molecular weight excluding hydrogens is 55.0 g/mol. The molecule has 0 aliphatic heterocycles. The summed E-state index contributed by atoms with van der Waals surface area (Å²) in [6, 6.07) is 0. The third-order valence-electron chi connectivity index (χ3n) is 0.354. The monoisotopic (exact) mass is 62.1 g/mol. The molecule has 0 unspecified atom stereocenters. The number of hydrogen-bond acceptors (Lipinski definition) is 0. The van der Waals surface area contributed by atoms with Crippen molar-refractivity contribution in [2.45, 2.75) is 19.3 Å². The van der Waals surface area contributed by atoms with Crippen molar-refractivity contribution in [3.8, 4) is 0 Å². The molecule has 0 atom stereocenters. The van der Waals surface area contributed by atoms with Crippen molar-refractivity contribution in [2.24, 2.45) is 0 Å². The Labute approximate surface area is 25.2 Å². The predicted molar refractivity (Wildman–Crippen MR) is 16.4 cm³/mol. The predicted octanol–water partition coefficient (Wildman–Crippen LogP) is 1.32. The fraction of sp³-hybridized carbons (Fsp3) is 1.00. The van der Waals surface area contributed by atoms with Gasteiger partial charge in [-0.15, -0.1) is 0 Å². The van der Waals surface area contributed by atoms with E-state index in [1.165, 1.54) is 19.3 Å². The Bertz CT molecular complexity index is 8.00. The van der Waals surface area contributed by atoms with E-state index < -0.39 is 0 Å². The van der Waals surface area contributed by atoms with Crippen molar-refractivity contribution < 1.29 is 4.70 Å². The van der Waals surface area contributed by atoms with Gasteiger partial charge >= 0.3 is 0 Å². The van der Waals surface area contributed by atoms with Gasteiger partial charge in [-0.1, -0.05) is 19.3 Å². The topological polar surface area (TPSA) is 0 Å². The van der Waals surface area contributed by atoms with Crippen LogP contribution in [0.15, 0.2) is 0 Å². The van der Waals surface area contributed by atoms with Gasteiger partial charge in [0.05, 0.1) is 0 Å². The van der Waals surface area contributed by atoms with Crippen LogP contribution in [-0.4, -0.2) is 0 Å². The largest absolute Gasteiger partial charge is 0.269 e. The summed E-state index contributed by atoms with van der Waals surface area (Å²) in [5.74, 6) is 0. The molecule has 1 fully saturated rings. The lowest BCUT2D eigenvalue weighted by atomic mass is 11.0. The first-order valence-electron chi connectivity index (χ1n) is 1.50. The Morgan fingerprint density at radius 1 is 0.750 bits per heavy atom. The van der Waals surface area contributed by atoms with Crippen molar-refractivity contribution in [3.05, 3.63) is 0 Å². The Balaban J connectivity index is 0.0000000900. The highest BCUT2D eigenvalue weighted by Crippen LogP contribution is 2.14. The minimum atomic E-state index is 0. The quantitative estimate of drug-likeness (QED) is 0.397. The highest BCUT2D eigenvalue weighted by molar-refractivity contribution is 4.50. The average Bonchev–Trinajstić information content (AvgIpc) is 1.46. The zero-order valence-corrected chi connectivity index (χ0v) is 2.53. The minimum absolute atomic E-state index is 0. The summed E-state index contributed by atoms with van der Waals surface area (Å²) in [7, 11) is 0. The van der Waals surface area contributed by atoms with Gasteiger partial charge in [-0.05, 0) is 0 Å². The van der Waals surface area contributed by atoms with E-state index in [9.17, 15) is 0 Å². The van der Waals surface area contributed by atoms with Gasteiger partial charge in [-0.3, -0.25) is 4.70 Å². The van der Waals surface area contributed by atoms with Gasteiger partial charge in [0, 0.05) is 0 Å². The van der Waals surface area contributed by atoms with Gasteiger partial charge in [-0.2, -0.15) is 0 Å². The lowest BCUT2D eigenvalue weighted by molar-refractivity contribution is 1.11. The molecule has 1 saturated carbocycles. The number of halogens is 1. The van der Waals surface area contributed by atoms with Crippen LogP contribution in [0.5, 0.6) is 0 Å². The normalized spacial score (nSPS) is 18.0. The lowest BCUT2D eigenvalue weighted by Gasteiger charge is -1.05. The summed E-state index contributed by atoms with van der Waals surface area (Å²) in [5.41, 5.74) is 0. The maximum atomic E-state index is 1.50. The second-order valence-electron chi connectivity index (χ2n) is 1.06. The first-order chi connectivity index (χ1) is 1.50. The van der Waals surface area contributed by atoms with Crippen LogP contribution >= 0.6 is 0 Å². The minimum Gasteiger partial charge on any atom is -0.269 e. The molecule has 0 N–H and O–H groups in total. The smallest absolute Gasteiger partial charge is 0.0533 e. The first kappa shape index (κ1) is 3.93. The average molecular weight is 62.1 g/mol. The van der Waals surface area contributed by atoms with Gasteiger partial charge in [0.15, 0.2) is 0 Å². The van der Waals surface area contributed by atoms with Crippen LogP contribution in [-0.2, 0) is 0 Å². The van der Waals surface area contributed by atoms with Crippen LogP contribution in [0.4, 0.5) is 4.70 Å². The van der Waals surface area contributed by atoms with Gasteiger partial charge in [0.2, 0.25) is 0 Å². The van der Waals surface area contributed by atoms with E-state index >= 15 is 0 Å². The summed E-state index contributed by atoms with van der Waals surface area (Å²) in [5, 5.41) is 0. The van der Waals surface area contributed by atoms with Gasteiger partial charge in [-0.25, -0.2) is 0 Å². The van der Waals surface area contributed by atoms with E-state index in [0.717, 1.165) is 0 Å². The van der Waals surface area contributed by atoms with Crippen LogP contribution in [0.1, 0.15) is 19.3 Å². The molecule has 1 heteroatoms. The second kappa shape index (κ2) is 1.27. The van der Waals surface area contributed by atoms with E-state index in [-0.39, 0.29) is 4.70 Å². The van der Waals surface area contributed by atoms with Crippen LogP contribution in [0.25, 0.3) is 0 Å². The molecule has 26 valence electrons. The number of hydrogen-bond donors (Lipinski definition) is 0. The standard InChI is InChI=1S/C3H6.FH/c1-2-3-1;/h1-3H2;1H. The summed E-state index contributed by atoms with van der Waals surface area (Å²) in [4.78, 5) is 0. The van der Waals surface area contributed by atoms with Crippen LogP contribution in [0.3, 0.4) is 0 Å². The maximum Gasteiger partial charge on any atom is -0.0533 e. The lowest BCUT2D eigenvalue weighted by Crippen LogP contribution is -0.856. The van der Waals surface area contributed by atoms with Crippen molar-refractivity contribution in [2.75, 3.05) is 0 Å². The molecule has 0 heterocycles. The third-order valence-corrected chi connectivity index (χ3v) is 0.354. The molecule has 4 heavy (non-hydrogen) atoms. The Hall–Kier alpha value is -0.0700. The Morgan fingerprint density at radius 3 is 1.00 bits per heavy atom. The van der Waals surface area contributed by atoms with Crippen LogP contribution in [0.2, 0.25) is 0 Å². The fourth-order valence-electron chi connectivity index (χ4n) is 0. The molecule has 1 rings (SSSR count). The molecule has 0 aromatic carbocycles. The van der Waals surface area contributed by atoms with Crippen LogP contribution < -0.4 is 0 Å². The molecular formula is C3H7F.